The van der Waals surface area contributed by atoms with Crippen LogP contribution >= 0.6 is 11.6 Å². The Hall–Kier alpha value is -1.52. The number of nitrogens with zero attached hydrogens (tertiary/aromatic N) is 2. The number of aliphatic hydroxyl groups is 1. The smallest absolute Gasteiger partial charge is 0.159 e. The highest BCUT2D eigenvalue weighted by Crippen LogP contribution is 2.34. The van der Waals surface area contributed by atoms with E-state index in [1.807, 2.05) is 12.4 Å². The van der Waals surface area contributed by atoms with Crippen molar-refractivity contribution in [3.8, 4) is 11.4 Å². The van der Waals surface area contributed by atoms with Crippen molar-refractivity contribution in [2.45, 2.75) is 78.1 Å². The maximum absolute atomic E-state index is 13.6. The molecule has 0 radical (unpaired) electrons. The lowest BCUT2D eigenvalue weighted by Gasteiger charge is -2.28. The molecule has 0 unspecified atom stereocenters. The van der Waals surface area contributed by atoms with E-state index in [1.165, 1.54) is 69.4 Å². The van der Waals surface area contributed by atoms with Crippen molar-refractivity contribution in [1.82, 2.24) is 9.97 Å². The maximum Gasteiger partial charge on any atom is 0.159 e. The van der Waals surface area contributed by atoms with Crippen molar-refractivity contribution in [3.63, 3.8) is 0 Å². The number of aromatic nitrogens is 2. The van der Waals surface area contributed by atoms with Crippen LogP contribution in [0.3, 0.4) is 0 Å². The first-order valence-electron chi connectivity index (χ1n) is 11.4. The third-order valence-corrected chi connectivity index (χ3v) is 6.21. The maximum atomic E-state index is 13.6. The van der Waals surface area contributed by atoms with Crippen molar-refractivity contribution in [2.24, 2.45) is 11.8 Å². The summed E-state index contributed by atoms with van der Waals surface area (Å²) in [5.74, 6) is 1.92. The van der Waals surface area contributed by atoms with Crippen LogP contribution in [0.25, 0.3) is 11.4 Å². The van der Waals surface area contributed by atoms with Crippen LogP contribution in [0.5, 0.6) is 0 Å². The summed E-state index contributed by atoms with van der Waals surface area (Å²) in [5, 5.41) is 7.69. The number of rotatable bonds is 8. The van der Waals surface area contributed by atoms with E-state index in [-0.39, 0.29) is 11.6 Å². The van der Waals surface area contributed by atoms with Crippen molar-refractivity contribution in [2.75, 3.05) is 6.61 Å². The molecule has 166 valence electrons. The fraction of sp³-hybridized carbons (Fsp3) is 0.600. The molecule has 0 bridgehead atoms. The number of halogens is 2. The SMILES string of the molecule is CCCCC[C@H]1CC[C@H](CCc2cnc(-c3ccc(Cl)c(F)c3)nc2)CC1.CCO. The normalized spacial score (nSPS) is 18.6. The average molecular weight is 435 g/mol. The second kappa shape index (κ2) is 13.7. The Morgan fingerprint density at radius 2 is 1.60 bits per heavy atom. The molecule has 3 rings (SSSR count). The molecule has 3 nitrogen and oxygen atoms in total. The minimum absolute atomic E-state index is 0.121. The molecule has 1 saturated carbocycles. The zero-order chi connectivity index (χ0) is 21.8. The molecule has 1 aliphatic rings. The largest absolute Gasteiger partial charge is 0.397 e. The van der Waals surface area contributed by atoms with E-state index in [0.717, 1.165) is 18.3 Å². The Balaban J connectivity index is 0.00000101. The molecule has 1 aliphatic carbocycles. The van der Waals surface area contributed by atoms with Crippen LogP contribution in [0.2, 0.25) is 5.02 Å². The van der Waals surface area contributed by atoms with Gasteiger partial charge < -0.3 is 5.11 Å². The predicted molar refractivity (Wildman–Crippen MR) is 123 cm³/mol. The monoisotopic (exact) mass is 434 g/mol. The zero-order valence-corrected chi connectivity index (χ0v) is 19.2. The van der Waals surface area contributed by atoms with Gasteiger partial charge in [0.1, 0.15) is 5.82 Å². The molecule has 30 heavy (non-hydrogen) atoms. The molecule has 1 N–H and O–H groups in total. The first kappa shape index (κ1) is 24.7. The summed E-state index contributed by atoms with van der Waals surface area (Å²) in [6.07, 6.45) is 17.1. The fourth-order valence-corrected chi connectivity index (χ4v) is 4.25. The molecule has 0 atom stereocenters. The molecular weight excluding hydrogens is 399 g/mol. The van der Waals surface area contributed by atoms with Gasteiger partial charge in [-0.3, -0.25) is 0 Å². The summed E-state index contributed by atoms with van der Waals surface area (Å²) in [6, 6.07) is 4.68. The van der Waals surface area contributed by atoms with E-state index in [2.05, 4.69) is 16.9 Å². The first-order valence-corrected chi connectivity index (χ1v) is 11.8. The van der Waals surface area contributed by atoms with Crippen LogP contribution in [-0.4, -0.2) is 21.7 Å². The first-order chi connectivity index (χ1) is 14.6. The molecule has 0 aliphatic heterocycles. The van der Waals surface area contributed by atoms with E-state index < -0.39 is 5.82 Å². The highest BCUT2D eigenvalue weighted by molar-refractivity contribution is 6.30. The standard InChI is InChI=1S/C23H30ClFN2.C2H6O/c1-2-3-4-5-17-6-8-18(9-7-17)10-11-19-15-26-23(27-16-19)20-12-13-21(24)22(25)14-20;1-2-3/h12-18H,2-11H2,1H3;3H,2H2,1H3/t17-,18-;. The van der Waals surface area contributed by atoms with Gasteiger partial charge in [-0.25, -0.2) is 14.4 Å². The van der Waals surface area contributed by atoms with Crippen molar-refractivity contribution >= 4 is 11.6 Å². The molecule has 0 spiro atoms. The van der Waals surface area contributed by atoms with Gasteiger partial charge in [-0.15, -0.1) is 0 Å². The summed E-state index contributed by atoms with van der Waals surface area (Å²) < 4.78 is 13.6. The highest BCUT2D eigenvalue weighted by Gasteiger charge is 2.20. The number of aryl methyl sites for hydroxylation is 1. The Labute approximate surface area is 186 Å². The van der Waals surface area contributed by atoms with E-state index in [0.29, 0.717) is 11.4 Å². The minimum Gasteiger partial charge on any atom is -0.397 e. The van der Waals surface area contributed by atoms with E-state index >= 15 is 0 Å². The van der Waals surface area contributed by atoms with Crippen LogP contribution in [0.4, 0.5) is 4.39 Å². The van der Waals surface area contributed by atoms with Gasteiger partial charge >= 0.3 is 0 Å². The fourth-order valence-electron chi connectivity index (χ4n) is 4.13. The van der Waals surface area contributed by atoms with Crippen LogP contribution in [0.15, 0.2) is 30.6 Å². The van der Waals surface area contributed by atoms with Gasteiger partial charge in [0.25, 0.3) is 0 Å². The molecule has 5 heteroatoms. The second-order valence-corrected chi connectivity index (χ2v) is 8.69. The topological polar surface area (TPSA) is 46.0 Å². The van der Waals surface area contributed by atoms with Gasteiger partial charge in [-0.1, -0.05) is 69.9 Å². The molecular formula is C25H36ClFN2O. The Morgan fingerprint density at radius 3 is 2.17 bits per heavy atom. The van der Waals surface area contributed by atoms with Crippen LogP contribution in [0, 0.1) is 17.7 Å². The van der Waals surface area contributed by atoms with E-state index in [9.17, 15) is 4.39 Å². The van der Waals surface area contributed by atoms with Gasteiger partial charge in [0, 0.05) is 24.6 Å². The zero-order valence-electron chi connectivity index (χ0n) is 18.4. The minimum atomic E-state index is -0.438. The second-order valence-electron chi connectivity index (χ2n) is 8.28. The molecule has 0 saturated heterocycles. The highest BCUT2D eigenvalue weighted by atomic mass is 35.5. The third-order valence-electron chi connectivity index (χ3n) is 5.91. The van der Waals surface area contributed by atoms with Gasteiger partial charge in [0.05, 0.1) is 5.02 Å². The molecule has 2 aromatic rings. The summed E-state index contributed by atoms with van der Waals surface area (Å²) in [4.78, 5) is 8.83. The molecule has 0 amide bonds. The average Bonchev–Trinajstić information content (AvgIpc) is 2.76. The van der Waals surface area contributed by atoms with Crippen molar-refractivity contribution < 1.29 is 9.50 Å². The van der Waals surface area contributed by atoms with Crippen LogP contribution in [0.1, 0.15) is 77.2 Å². The van der Waals surface area contributed by atoms with Gasteiger partial charge in [0.15, 0.2) is 5.82 Å². The lowest BCUT2D eigenvalue weighted by atomic mass is 9.78. The number of aliphatic hydroxyl groups excluding tert-OH is 1. The quantitative estimate of drug-likeness (QED) is 0.445. The van der Waals surface area contributed by atoms with Crippen LogP contribution < -0.4 is 0 Å². The van der Waals surface area contributed by atoms with Crippen molar-refractivity contribution in [1.29, 1.82) is 0 Å². The lowest BCUT2D eigenvalue weighted by Crippen LogP contribution is -2.15. The Kier molecular flexibility index (Phi) is 11.3. The third kappa shape index (κ3) is 8.31. The van der Waals surface area contributed by atoms with E-state index in [1.54, 1.807) is 19.1 Å². The summed E-state index contributed by atoms with van der Waals surface area (Å²) in [7, 11) is 0. The molecule has 1 fully saturated rings. The number of hydrogen-bond acceptors (Lipinski definition) is 3. The van der Waals surface area contributed by atoms with Gasteiger partial charge in [-0.05, 0) is 55.4 Å². The van der Waals surface area contributed by atoms with Crippen LogP contribution in [-0.2, 0) is 6.42 Å². The number of hydrogen-bond donors (Lipinski definition) is 1. The molecule has 1 aromatic heterocycles. The van der Waals surface area contributed by atoms with Gasteiger partial charge in [0.2, 0.25) is 0 Å². The number of unbranched alkanes of at least 4 members (excludes halogenated alkanes) is 2. The predicted octanol–water partition coefficient (Wildman–Crippen LogP) is 7.25. The van der Waals surface area contributed by atoms with Crippen molar-refractivity contribution in [3.05, 3.63) is 47.0 Å². The van der Waals surface area contributed by atoms with Gasteiger partial charge in [-0.2, -0.15) is 0 Å². The lowest BCUT2D eigenvalue weighted by molar-refractivity contribution is 0.249. The Morgan fingerprint density at radius 1 is 1.00 bits per heavy atom. The van der Waals surface area contributed by atoms with E-state index in [4.69, 9.17) is 16.7 Å². The number of benzene rings is 1. The summed E-state index contributed by atoms with van der Waals surface area (Å²) in [5.41, 5.74) is 1.82. The molecule has 1 aromatic carbocycles. The summed E-state index contributed by atoms with van der Waals surface area (Å²) in [6.45, 7) is 4.21. The summed E-state index contributed by atoms with van der Waals surface area (Å²) >= 11 is 5.73. The molecule has 1 heterocycles. The Bertz CT molecular complexity index is 730.